The van der Waals surface area contributed by atoms with Crippen molar-refractivity contribution >= 4 is 15.9 Å². The maximum atomic E-state index is 14.3. The molecule has 1 unspecified atom stereocenters. The standard InChI is InChI=1S/C16H23BrF2N2/c1-2-3-10-4-6-11(7-5-10)16(21-20)14-13(18)9-8-12(17)15(14)19/h8-11,16,21H,2-7,20H2,1H3. The molecule has 21 heavy (non-hydrogen) atoms. The molecule has 118 valence electrons. The maximum Gasteiger partial charge on any atom is 0.145 e. The quantitative estimate of drug-likeness (QED) is 0.448. The molecule has 0 amide bonds. The summed E-state index contributed by atoms with van der Waals surface area (Å²) in [5.74, 6) is 5.47. The van der Waals surface area contributed by atoms with Crippen LogP contribution in [0.15, 0.2) is 16.6 Å². The first-order valence-corrected chi connectivity index (χ1v) is 8.47. The molecule has 0 aromatic heterocycles. The molecule has 0 saturated heterocycles. The third kappa shape index (κ3) is 3.82. The average molecular weight is 361 g/mol. The summed E-state index contributed by atoms with van der Waals surface area (Å²) >= 11 is 3.12. The van der Waals surface area contributed by atoms with Gasteiger partial charge >= 0.3 is 0 Å². The van der Waals surface area contributed by atoms with Crippen LogP contribution in [0.3, 0.4) is 0 Å². The zero-order chi connectivity index (χ0) is 15.4. The Morgan fingerprint density at radius 1 is 1.29 bits per heavy atom. The molecule has 1 aliphatic carbocycles. The van der Waals surface area contributed by atoms with E-state index >= 15 is 0 Å². The molecule has 2 rings (SSSR count). The predicted octanol–water partition coefficient (Wildman–Crippen LogP) is 4.84. The fourth-order valence-corrected chi connectivity index (χ4v) is 3.85. The number of halogens is 3. The van der Waals surface area contributed by atoms with Gasteiger partial charge in [-0.2, -0.15) is 0 Å². The SMILES string of the molecule is CCCC1CCC(C(NN)c2c(F)ccc(Br)c2F)CC1. The lowest BCUT2D eigenvalue weighted by atomic mass is 9.75. The van der Waals surface area contributed by atoms with Crippen LogP contribution in [0.1, 0.15) is 57.1 Å². The van der Waals surface area contributed by atoms with Crippen LogP contribution in [0.5, 0.6) is 0 Å². The van der Waals surface area contributed by atoms with Crippen molar-refractivity contribution < 1.29 is 8.78 Å². The molecule has 0 bridgehead atoms. The fraction of sp³-hybridized carbons (Fsp3) is 0.625. The van der Waals surface area contributed by atoms with Crippen molar-refractivity contribution in [2.45, 2.75) is 51.5 Å². The first kappa shape index (κ1) is 16.8. The molecule has 1 aliphatic rings. The molecule has 1 aromatic carbocycles. The Kier molecular flexibility index (Phi) is 6.14. The second kappa shape index (κ2) is 7.65. The van der Waals surface area contributed by atoms with Gasteiger partial charge in [0, 0.05) is 5.56 Å². The van der Waals surface area contributed by atoms with E-state index in [2.05, 4.69) is 28.3 Å². The van der Waals surface area contributed by atoms with Crippen molar-refractivity contribution in [2.75, 3.05) is 0 Å². The van der Waals surface area contributed by atoms with E-state index in [-0.39, 0.29) is 16.0 Å². The van der Waals surface area contributed by atoms with Crippen molar-refractivity contribution in [3.63, 3.8) is 0 Å². The minimum atomic E-state index is -0.548. The molecular weight excluding hydrogens is 338 g/mol. The Bertz CT molecular complexity index is 474. The average Bonchev–Trinajstić information content (AvgIpc) is 2.49. The Hall–Kier alpha value is -0.520. The van der Waals surface area contributed by atoms with Gasteiger partial charge in [-0.1, -0.05) is 32.6 Å². The summed E-state index contributed by atoms with van der Waals surface area (Å²) < 4.78 is 28.6. The van der Waals surface area contributed by atoms with Gasteiger partial charge in [-0.15, -0.1) is 0 Å². The third-order valence-corrected chi connectivity index (χ3v) is 5.24. The summed E-state index contributed by atoms with van der Waals surface area (Å²) in [6, 6.07) is 2.21. The molecule has 0 radical (unpaired) electrons. The second-order valence-corrected chi connectivity index (χ2v) is 6.83. The van der Waals surface area contributed by atoms with E-state index in [1.165, 1.54) is 25.0 Å². The van der Waals surface area contributed by atoms with Crippen molar-refractivity contribution in [1.29, 1.82) is 0 Å². The minimum Gasteiger partial charge on any atom is -0.271 e. The zero-order valence-electron chi connectivity index (χ0n) is 12.3. The molecule has 1 saturated carbocycles. The topological polar surface area (TPSA) is 38.0 Å². The Morgan fingerprint density at radius 3 is 2.52 bits per heavy atom. The van der Waals surface area contributed by atoms with Gasteiger partial charge in [-0.3, -0.25) is 11.3 Å². The van der Waals surface area contributed by atoms with Crippen molar-refractivity contribution in [2.24, 2.45) is 17.7 Å². The normalized spacial score (nSPS) is 24.0. The van der Waals surface area contributed by atoms with Crippen LogP contribution in [-0.4, -0.2) is 0 Å². The lowest BCUT2D eigenvalue weighted by molar-refractivity contribution is 0.209. The summed E-state index contributed by atoms with van der Waals surface area (Å²) in [4.78, 5) is 0. The Morgan fingerprint density at radius 2 is 1.95 bits per heavy atom. The summed E-state index contributed by atoms with van der Waals surface area (Å²) in [5, 5.41) is 0. The van der Waals surface area contributed by atoms with Gasteiger partial charge in [-0.25, -0.2) is 8.78 Å². The molecule has 0 heterocycles. The molecule has 3 N–H and O–H groups in total. The monoisotopic (exact) mass is 360 g/mol. The van der Waals surface area contributed by atoms with Crippen LogP contribution in [0.2, 0.25) is 0 Å². The van der Waals surface area contributed by atoms with Crippen molar-refractivity contribution in [1.82, 2.24) is 5.43 Å². The molecule has 0 aliphatic heterocycles. The molecule has 1 aromatic rings. The van der Waals surface area contributed by atoms with Gasteiger partial charge in [-0.05, 0) is 52.7 Å². The number of hydrogen-bond acceptors (Lipinski definition) is 2. The number of nitrogens with two attached hydrogens (primary N) is 1. The summed E-state index contributed by atoms with van der Waals surface area (Å²) in [5.41, 5.74) is 2.70. The highest BCUT2D eigenvalue weighted by Crippen LogP contribution is 2.40. The molecule has 1 fully saturated rings. The van der Waals surface area contributed by atoms with Gasteiger partial charge in [0.2, 0.25) is 0 Å². The van der Waals surface area contributed by atoms with E-state index in [9.17, 15) is 8.78 Å². The van der Waals surface area contributed by atoms with Crippen LogP contribution < -0.4 is 11.3 Å². The highest BCUT2D eigenvalue weighted by molar-refractivity contribution is 9.10. The zero-order valence-corrected chi connectivity index (χ0v) is 13.9. The van der Waals surface area contributed by atoms with Crippen LogP contribution >= 0.6 is 15.9 Å². The fourth-order valence-electron chi connectivity index (χ4n) is 3.50. The van der Waals surface area contributed by atoms with E-state index in [0.717, 1.165) is 31.6 Å². The highest BCUT2D eigenvalue weighted by Gasteiger charge is 2.31. The summed E-state index contributed by atoms with van der Waals surface area (Å²) in [7, 11) is 0. The smallest absolute Gasteiger partial charge is 0.145 e. The number of hydrogen-bond donors (Lipinski definition) is 2. The lowest BCUT2D eigenvalue weighted by Crippen LogP contribution is -2.36. The number of rotatable bonds is 5. The van der Waals surface area contributed by atoms with E-state index in [0.29, 0.717) is 0 Å². The van der Waals surface area contributed by atoms with Crippen LogP contribution in [0, 0.1) is 23.5 Å². The molecule has 0 spiro atoms. The van der Waals surface area contributed by atoms with Gasteiger partial charge < -0.3 is 0 Å². The van der Waals surface area contributed by atoms with E-state index in [1.54, 1.807) is 0 Å². The van der Waals surface area contributed by atoms with E-state index in [4.69, 9.17) is 5.84 Å². The summed E-state index contributed by atoms with van der Waals surface area (Å²) in [6.07, 6.45) is 6.60. The van der Waals surface area contributed by atoms with Crippen LogP contribution in [0.4, 0.5) is 8.78 Å². The van der Waals surface area contributed by atoms with Gasteiger partial charge in [0.25, 0.3) is 0 Å². The van der Waals surface area contributed by atoms with E-state index < -0.39 is 17.7 Å². The predicted molar refractivity (Wildman–Crippen MR) is 84.5 cm³/mol. The van der Waals surface area contributed by atoms with Gasteiger partial charge in [0.1, 0.15) is 11.6 Å². The molecular formula is C16H23BrF2N2. The van der Waals surface area contributed by atoms with Gasteiger partial charge in [0.15, 0.2) is 0 Å². The van der Waals surface area contributed by atoms with Crippen LogP contribution in [0.25, 0.3) is 0 Å². The van der Waals surface area contributed by atoms with Crippen LogP contribution in [-0.2, 0) is 0 Å². The Balaban J connectivity index is 2.16. The molecule has 2 nitrogen and oxygen atoms in total. The third-order valence-electron chi connectivity index (χ3n) is 4.63. The van der Waals surface area contributed by atoms with E-state index in [1.807, 2.05) is 0 Å². The number of hydrazine groups is 1. The lowest BCUT2D eigenvalue weighted by Gasteiger charge is -2.34. The largest absolute Gasteiger partial charge is 0.271 e. The highest BCUT2D eigenvalue weighted by atomic mass is 79.9. The second-order valence-electron chi connectivity index (χ2n) is 5.97. The molecule has 5 heteroatoms. The Labute approximate surface area is 133 Å². The number of nitrogens with one attached hydrogen (secondary N) is 1. The first-order valence-electron chi connectivity index (χ1n) is 7.68. The molecule has 1 atom stereocenters. The van der Waals surface area contributed by atoms with Crippen molar-refractivity contribution in [3.8, 4) is 0 Å². The number of benzene rings is 1. The van der Waals surface area contributed by atoms with Gasteiger partial charge in [0.05, 0.1) is 10.5 Å². The van der Waals surface area contributed by atoms with Crippen molar-refractivity contribution in [3.05, 3.63) is 33.8 Å². The maximum absolute atomic E-state index is 14.3. The first-order chi connectivity index (χ1) is 10.1. The minimum absolute atomic E-state index is 0.0609. The summed E-state index contributed by atoms with van der Waals surface area (Å²) in [6.45, 7) is 2.20.